The molecule has 0 saturated heterocycles. The third-order valence-corrected chi connectivity index (χ3v) is 2.47. The van der Waals surface area contributed by atoms with Gasteiger partial charge in [0.05, 0.1) is 28.4 Å². The molecule has 0 atom stereocenters. The maximum Gasteiger partial charge on any atom is 0.235 e. The van der Waals surface area contributed by atoms with Crippen molar-refractivity contribution in [3.05, 3.63) is 48.0 Å². The summed E-state index contributed by atoms with van der Waals surface area (Å²) in [5.74, 6) is 0.568. The van der Waals surface area contributed by atoms with Crippen molar-refractivity contribution in [1.82, 2.24) is 19.5 Å². The van der Waals surface area contributed by atoms with Gasteiger partial charge in [-0.3, -0.25) is 4.57 Å². The summed E-state index contributed by atoms with van der Waals surface area (Å²) in [4.78, 5) is 12.6. The number of benzene rings is 1. The molecule has 4 nitrogen and oxygen atoms in total. The van der Waals surface area contributed by atoms with Gasteiger partial charge in [0, 0.05) is 0 Å². The monoisotopic (exact) mass is 230 g/mol. The van der Waals surface area contributed by atoms with E-state index in [4.69, 9.17) is 11.6 Å². The van der Waals surface area contributed by atoms with Crippen LogP contribution in [0.25, 0.3) is 17.0 Å². The van der Waals surface area contributed by atoms with Gasteiger partial charge in [-0.25, -0.2) is 15.0 Å². The van der Waals surface area contributed by atoms with E-state index < -0.39 is 0 Å². The average Bonchev–Trinajstić information content (AvgIpc) is 2.74. The molecule has 0 bridgehead atoms. The Morgan fingerprint density at radius 2 is 1.75 bits per heavy atom. The number of imidazole rings is 1. The largest absolute Gasteiger partial charge is 0.267 e. The van der Waals surface area contributed by atoms with Gasteiger partial charge in [-0.05, 0) is 12.1 Å². The summed E-state index contributed by atoms with van der Waals surface area (Å²) in [5.41, 5.74) is 1.89. The first-order valence-corrected chi connectivity index (χ1v) is 5.12. The minimum Gasteiger partial charge on any atom is -0.267 e. The van der Waals surface area contributed by atoms with Crippen LogP contribution in [0.4, 0.5) is 0 Å². The van der Waals surface area contributed by atoms with Crippen LogP contribution in [0, 0.1) is 0 Å². The number of rotatable bonds is 1. The molecule has 0 unspecified atom stereocenters. The van der Waals surface area contributed by atoms with Gasteiger partial charge in [-0.15, -0.1) is 0 Å². The van der Waals surface area contributed by atoms with Gasteiger partial charge in [-0.2, -0.15) is 0 Å². The molecule has 0 aliphatic rings. The Hall–Kier alpha value is -1.94. The summed E-state index contributed by atoms with van der Waals surface area (Å²) in [6.07, 6.45) is 4.84. The molecule has 1 aromatic carbocycles. The normalized spacial score (nSPS) is 10.8. The van der Waals surface area contributed by atoms with Crippen LogP contribution >= 0.6 is 11.6 Å². The second kappa shape index (κ2) is 3.57. The van der Waals surface area contributed by atoms with Gasteiger partial charge in [0.1, 0.15) is 6.33 Å². The number of fused-ring (bicyclic) bond motifs is 1. The molecule has 2 aromatic heterocycles. The summed E-state index contributed by atoms with van der Waals surface area (Å²) in [5, 5.41) is 0.521. The molecule has 0 fully saturated rings. The molecule has 3 rings (SSSR count). The number of aromatic nitrogens is 4. The lowest BCUT2D eigenvalue weighted by Gasteiger charge is -2.00. The van der Waals surface area contributed by atoms with Crippen LogP contribution in [0.15, 0.2) is 43.0 Å². The highest BCUT2D eigenvalue weighted by Gasteiger charge is 2.05. The number of hydrogen-bond acceptors (Lipinski definition) is 3. The van der Waals surface area contributed by atoms with Crippen molar-refractivity contribution in [2.24, 2.45) is 0 Å². The van der Waals surface area contributed by atoms with Crippen molar-refractivity contribution in [1.29, 1.82) is 0 Å². The highest BCUT2D eigenvalue weighted by Crippen LogP contribution is 2.15. The molecule has 0 amide bonds. The van der Waals surface area contributed by atoms with Crippen LogP contribution < -0.4 is 0 Å². The fraction of sp³-hybridized carbons (Fsp3) is 0. The first kappa shape index (κ1) is 9.30. The van der Waals surface area contributed by atoms with E-state index >= 15 is 0 Å². The van der Waals surface area contributed by atoms with E-state index in [1.54, 1.807) is 18.7 Å². The topological polar surface area (TPSA) is 43.6 Å². The molecule has 16 heavy (non-hydrogen) atoms. The van der Waals surface area contributed by atoms with E-state index in [1.807, 2.05) is 28.8 Å². The molecule has 5 heteroatoms. The Kier molecular flexibility index (Phi) is 2.08. The van der Waals surface area contributed by atoms with Crippen LogP contribution in [0.5, 0.6) is 0 Å². The van der Waals surface area contributed by atoms with E-state index in [0.29, 0.717) is 11.0 Å². The van der Waals surface area contributed by atoms with E-state index in [0.717, 1.165) is 11.0 Å². The number of halogens is 1. The molecule has 78 valence electrons. The molecular weight excluding hydrogens is 224 g/mol. The summed E-state index contributed by atoms with van der Waals surface area (Å²) >= 11 is 5.74. The van der Waals surface area contributed by atoms with Gasteiger partial charge >= 0.3 is 0 Å². The molecule has 0 N–H and O–H groups in total. The van der Waals surface area contributed by atoms with Gasteiger partial charge < -0.3 is 0 Å². The Morgan fingerprint density at radius 3 is 2.56 bits per heavy atom. The van der Waals surface area contributed by atoms with Gasteiger partial charge in [0.25, 0.3) is 0 Å². The van der Waals surface area contributed by atoms with E-state index in [2.05, 4.69) is 15.0 Å². The average molecular weight is 231 g/mol. The minimum atomic E-state index is 0.521. The fourth-order valence-corrected chi connectivity index (χ4v) is 1.65. The van der Waals surface area contributed by atoms with E-state index in [1.165, 1.54) is 0 Å². The predicted molar refractivity (Wildman–Crippen MR) is 61.7 cm³/mol. The number of hydrogen-bond donors (Lipinski definition) is 0. The maximum atomic E-state index is 5.74. The second-order valence-corrected chi connectivity index (χ2v) is 3.74. The Labute approximate surface area is 96.6 Å². The highest BCUT2D eigenvalue weighted by molar-refractivity contribution is 6.30. The summed E-state index contributed by atoms with van der Waals surface area (Å²) < 4.78 is 1.83. The summed E-state index contributed by atoms with van der Waals surface area (Å²) in [7, 11) is 0. The predicted octanol–water partition coefficient (Wildman–Crippen LogP) is 2.47. The summed E-state index contributed by atoms with van der Waals surface area (Å²) in [6.45, 7) is 0. The third kappa shape index (κ3) is 1.44. The zero-order valence-electron chi connectivity index (χ0n) is 8.21. The van der Waals surface area contributed by atoms with E-state index in [-0.39, 0.29) is 0 Å². The first-order valence-electron chi connectivity index (χ1n) is 4.74. The molecule has 0 spiro atoms. The fourth-order valence-electron chi connectivity index (χ4n) is 1.55. The molecule has 2 heterocycles. The maximum absolute atomic E-state index is 5.74. The molecular formula is C11H7ClN4. The lowest BCUT2D eigenvalue weighted by molar-refractivity contribution is 0.948. The first-order chi connectivity index (χ1) is 7.84. The Balaban J connectivity index is 2.22. The zero-order chi connectivity index (χ0) is 11.0. The van der Waals surface area contributed by atoms with Gasteiger partial charge in [-0.1, -0.05) is 23.7 Å². The van der Waals surface area contributed by atoms with Crippen molar-refractivity contribution in [3.8, 4) is 5.95 Å². The highest BCUT2D eigenvalue weighted by atomic mass is 35.5. The standard InChI is InChI=1S/C11H7ClN4/c12-8-5-13-11(14-6-8)16-7-15-9-3-1-2-4-10(9)16/h1-7H. The lowest BCUT2D eigenvalue weighted by atomic mass is 10.3. The van der Waals surface area contributed by atoms with Crippen molar-refractivity contribution >= 4 is 22.6 Å². The van der Waals surface area contributed by atoms with Crippen molar-refractivity contribution < 1.29 is 0 Å². The lowest BCUT2D eigenvalue weighted by Crippen LogP contribution is -1.98. The van der Waals surface area contributed by atoms with Crippen LogP contribution in [0.2, 0.25) is 5.02 Å². The molecule has 0 aliphatic heterocycles. The Bertz CT molecular complexity index is 630. The molecule has 0 aliphatic carbocycles. The van der Waals surface area contributed by atoms with Crippen molar-refractivity contribution in [2.75, 3.05) is 0 Å². The minimum absolute atomic E-state index is 0.521. The quantitative estimate of drug-likeness (QED) is 0.645. The number of nitrogens with zero attached hydrogens (tertiary/aromatic N) is 4. The third-order valence-electron chi connectivity index (χ3n) is 2.28. The van der Waals surface area contributed by atoms with Crippen LogP contribution in [-0.2, 0) is 0 Å². The van der Waals surface area contributed by atoms with Crippen LogP contribution in [0.1, 0.15) is 0 Å². The molecule has 0 radical (unpaired) electrons. The van der Waals surface area contributed by atoms with Crippen molar-refractivity contribution in [2.45, 2.75) is 0 Å². The van der Waals surface area contributed by atoms with Crippen LogP contribution in [0.3, 0.4) is 0 Å². The smallest absolute Gasteiger partial charge is 0.235 e. The van der Waals surface area contributed by atoms with E-state index in [9.17, 15) is 0 Å². The summed E-state index contributed by atoms with van der Waals surface area (Å²) in [6, 6.07) is 7.82. The van der Waals surface area contributed by atoms with Crippen LogP contribution in [-0.4, -0.2) is 19.5 Å². The van der Waals surface area contributed by atoms with Gasteiger partial charge in [0.15, 0.2) is 0 Å². The second-order valence-electron chi connectivity index (χ2n) is 3.30. The number of para-hydroxylation sites is 2. The molecule has 3 aromatic rings. The van der Waals surface area contributed by atoms with Gasteiger partial charge in [0.2, 0.25) is 5.95 Å². The SMILES string of the molecule is Clc1cnc(-n2cnc3ccccc32)nc1. The molecule has 0 saturated carbocycles. The van der Waals surface area contributed by atoms with Crippen molar-refractivity contribution in [3.63, 3.8) is 0 Å². The zero-order valence-corrected chi connectivity index (χ0v) is 8.96. The Morgan fingerprint density at radius 1 is 1.00 bits per heavy atom.